The van der Waals surface area contributed by atoms with Crippen LogP contribution in [-0.4, -0.2) is 0 Å². The van der Waals surface area contributed by atoms with E-state index in [9.17, 15) is 0 Å². The fraction of sp³-hybridized carbons (Fsp3) is 0.368. The first kappa shape index (κ1) is 26.5. The van der Waals surface area contributed by atoms with Gasteiger partial charge in [-0.25, -0.2) is 0 Å². The first-order valence-corrected chi connectivity index (χ1v) is 14.0. The van der Waals surface area contributed by atoms with Crippen LogP contribution < -0.4 is 0 Å². The molecule has 3 aliphatic rings. The summed E-state index contributed by atoms with van der Waals surface area (Å²) in [4.78, 5) is 0. The number of hydrogen-bond donors (Lipinski definition) is 0. The molecule has 0 fully saturated rings. The molecule has 0 radical (unpaired) electrons. The standard InChI is InChI=1S/C38H44/c1-22(2)29-14-13-15-30(18-29)31-17-16-24(5)34-26(7)35-28(9)38(12)27(8)33(23(3)4)25(6)19-37(38,11)21-36(35,10)20-32(31)34/h13-18H,1,3,7-8,19-21H2,2,4-6,9-12H3/t36-,37+,38-/m1/s1. The minimum atomic E-state index is -0.128. The third kappa shape index (κ3) is 3.42. The Morgan fingerprint density at radius 3 is 2.18 bits per heavy atom. The van der Waals surface area contributed by atoms with Gasteiger partial charge in [0.1, 0.15) is 0 Å². The Labute approximate surface area is 231 Å². The van der Waals surface area contributed by atoms with E-state index < -0.39 is 0 Å². The van der Waals surface area contributed by atoms with Crippen molar-refractivity contribution in [2.75, 3.05) is 0 Å². The van der Waals surface area contributed by atoms with E-state index in [4.69, 9.17) is 13.2 Å². The molecule has 0 unspecified atom stereocenters. The van der Waals surface area contributed by atoms with E-state index in [0.717, 1.165) is 30.4 Å². The monoisotopic (exact) mass is 500 g/mol. The minimum absolute atomic E-state index is 0.0121. The zero-order valence-corrected chi connectivity index (χ0v) is 24.9. The quantitative estimate of drug-likeness (QED) is 0.393. The molecule has 3 aliphatic carbocycles. The van der Waals surface area contributed by atoms with Gasteiger partial charge in [-0.2, -0.15) is 0 Å². The molecule has 0 N–H and O–H groups in total. The largest absolute Gasteiger partial charge is 0.0955 e. The predicted molar refractivity (Wildman–Crippen MR) is 167 cm³/mol. The van der Waals surface area contributed by atoms with E-state index in [2.05, 4.69) is 105 Å². The molecule has 0 heteroatoms. The van der Waals surface area contributed by atoms with Crippen LogP contribution in [-0.2, 0) is 6.42 Å². The van der Waals surface area contributed by atoms with Crippen LogP contribution in [0, 0.1) is 23.2 Å². The average Bonchev–Trinajstić information content (AvgIpc) is 2.81. The number of rotatable bonds is 3. The van der Waals surface area contributed by atoms with Gasteiger partial charge in [-0.05, 0) is 126 Å². The Morgan fingerprint density at radius 2 is 1.55 bits per heavy atom. The molecule has 5 rings (SSSR count). The number of allylic oxidation sites excluding steroid dienone is 8. The minimum Gasteiger partial charge on any atom is -0.0955 e. The zero-order chi connectivity index (χ0) is 27.9. The molecule has 0 bridgehead atoms. The molecule has 0 amide bonds. The molecule has 196 valence electrons. The van der Waals surface area contributed by atoms with Crippen LogP contribution in [0.2, 0.25) is 0 Å². The van der Waals surface area contributed by atoms with E-state index in [1.807, 2.05) is 0 Å². The van der Waals surface area contributed by atoms with Crippen molar-refractivity contribution in [3.05, 3.63) is 118 Å². The number of fused-ring (bicyclic) bond motifs is 3. The summed E-state index contributed by atoms with van der Waals surface area (Å²) < 4.78 is 0. The van der Waals surface area contributed by atoms with Crippen LogP contribution in [0.5, 0.6) is 0 Å². The summed E-state index contributed by atoms with van der Waals surface area (Å²) in [6.07, 6.45) is 3.21. The Bertz CT molecular complexity index is 1530. The normalized spacial score (nSPS) is 28.6. The van der Waals surface area contributed by atoms with Crippen molar-refractivity contribution in [1.82, 2.24) is 0 Å². The van der Waals surface area contributed by atoms with Gasteiger partial charge in [0, 0.05) is 5.41 Å². The molecule has 2 aromatic rings. The lowest BCUT2D eigenvalue weighted by molar-refractivity contribution is 0.0544. The van der Waals surface area contributed by atoms with E-state index in [1.54, 1.807) is 0 Å². The third-order valence-corrected chi connectivity index (χ3v) is 10.5. The van der Waals surface area contributed by atoms with Crippen LogP contribution in [0.3, 0.4) is 0 Å². The second-order valence-corrected chi connectivity index (χ2v) is 13.3. The fourth-order valence-electron chi connectivity index (χ4n) is 8.76. The Hall–Kier alpha value is -3.12. The fourth-order valence-corrected chi connectivity index (χ4v) is 8.76. The van der Waals surface area contributed by atoms with Crippen molar-refractivity contribution >= 4 is 11.1 Å². The maximum absolute atomic E-state index is 4.83. The van der Waals surface area contributed by atoms with Gasteiger partial charge < -0.3 is 0 Å². The van der Waals surface area contributed by atoms with E-state index in [1.165, 1.54) is 66.8 Å². The highest BCUT2D eigenvalue weighted by molar-refractivity contribution is 5.90. The lowest BCUT2D eigenvalue weighted by atomic mass is 9.41. The summed E-state index contributed by atoms with van der Waals surface area (Å²) in [6, 6.07) is 13.5. The highest BCUT2D eigenvalue weighted by Gasteiger charge is 2.59. The second kappa shape index (κ2) is 8.44. The molecular formula is C38H44. The smallest absolute Gasteiger partial charge is 0.0194 e. The molecule has 2 aromatic carbocycles. The van der Waals surface area contributed by atoms with Crippen molar-refractivity contribution in [3.63, 3.8) is 0 Å². The van der Waals surface area contributed by atoms with Crippen LogP contribution in [0.25, 0.3) is 22.3 Å². The SMILES string of the molecule is C=C(C)C1=C(C)C[C@@]2(C)C[C@@]3(C)Cc4c(-c5cccc(C(=C)C)c5)ccc(C)c4C(=C)C3=C(C)[C@@]2(C)C1=C. The Morgan fingerprint density at radius 1 is 0.868 bits per heavy atom. The lowest BCUT2D eigenvalue weighted by Gasteiger charge is -2.62. The second-order valence-electron chi connectivity index (χ2n) is 13.3. The summed E-state index contributed by atoms with van der Waals surface area (Å²) in [6.45, 7) is 36.7. The Balaban J connectivity index is 1.76. The predicted octanol–water partition coefficient (Wildman–Crippen LogP) is 10.9. The molecule has 3 atom stereocenters. The third-order valence-electron chi connectivity index (χ3n) is 10.5. The summed E-state index contributed by atoms with van der Waals surface area (Å²) in [5.41, 5.74) is 18.2. The molecule has 0 spiro atoms. The molecule has 0 aliphatic heterocycles. The maximum atomic E-state index is 4.83. The van der Waals surface area contributed by atoms with Gasteiger partial charge >= 0.3 is 0 Å². The lowest BCUT2D eigenvalue weighted by Crippen LogP contribution is -2.52. The van der Waals surface area contributed by atoms with Crippen LogP contribution in [0.1, 0.15) is 83.6 Å². The van der Waals surface area contributed by atoms with E-state index >= 15 is 0 Å². The van der Waals surface area contributed by atoms with Gasteiger partial charge in [0.15, 0.2) is 0 Å². The van der Waals surface area contributed by atoms with Crippen molar-refractivity contribution in [1.29, 1.82) is 0 Å². The zero-order valence-electron chi connectivity index (χ0n) is 24.9. The van der Waals surface area contributed by atoms with E-state index in [0.29, 0.717) is 0 Å². The van der Waals surface area contributed by atoms with Gasteiger partial charge in [0.25, 0.3) is 0 Å². The molecule has 0 nitrogen and oxygen atoms in total. The number of aryl methyl sites for hydroxylation is 1. The van der Waals surface area contributed by atoms with Gasteiger partial charge in [-0.15, -0.1) is 0 Å². The molecule has 0 heterocycles. The van der Waals surface area contributed by atoms with Gasteiger partial charge in [-0.1, -0.05) is 99.7 Å². The van der Waals surface area contributed by atoms with Crippen LogP contribution >= 0.6 is 0 Å². The van der Waals surface area contributed by atoms with Crippen molar-refractivity contribution in [3.8, 4) is 11.1 Å². The topological polar surface area (TPSA) is 0 Å². The molecule has 38 heavy (non-hydrogen) atoms. The first-order chi connectivity index (χ1) is 17.7. The number of hydrogen-bond acceptors (Lipinski definition) is 0. The van der Waals surface area contributed by atoms with Crippen LogP contribution in [0.4, 0.5) is 0 Å². The Kier molecular flexibility index (Phi) is 5.88. The summed E-state index contributed by atoms with van der Waals surface area (Å²) in [5.74, 6) is 0. The van der Waals surface area contributed by atoms with Crippen molar-refractivity contribution in [2.45, 2.75) is 74.7 Å². The molecule has 0 aromatic heterocycles. The van der Waals surface area contributed by atoms with Gasteiger partial charge in [-0.3, -0.25) is 0 Å². The van der Waals surface area contributed by atoms with Gasteiger partial charge in [0.2, 0.25) is 0 Å². The average molecular weight is 501 g/mol. The van der Waals surface area contributed by atoms with Crippen molar-refractivity contribution < 1.29 is 0 Å². The summed E-state index contributed by atoms with van der Waals surface area (Å²) >= 11 is 0. The molecule has 0 saturated carbocycles. The van der Waals surface area contributed by atoms with Crippen LogP contribution in [0.15, 0.2) is 96.2 Å². The van der Waals surface area contributed by atoms with Crippen molar-refractivity contribution in [2.24, 2.45) is 16.2 Å². The highest BCUT2D eigenvalue weighted by atomic mass is 14.6. The first-order valence-electron chi connectivity index (χ1n) is 14.0. The molecule has 0 saturated heterocycles. The maximum Gasteiger partial charge on any atom is 0.0194 e. The van der Waals surface area contributed by atoms with Gasteiger partial charge in [0.05, 0.1) is 0 Å². The highest BCUT2D eigenvalue weighted by Crippen LogP contribution is 2.70. The molecular weight excluding hydrogens is 456 g/mol. The number of benzene rings is 2. The summed E-state index contributed by atoms with van der Waals surface area (Å²) in [7, 11) is 0. The summed E-state index contributed by atoms with van der Waals surface area (Å²) in [5, 5.41) is 0. The van der Waals surface area contributed by atoms with E-state index in [-0.39, 0.29) is 16.2 Å².